The van der Waals surface area contributed by atoms with Gasteiger partial charge in [0.2, 0.25) is 0 Å². The highest BCUT2D eigenvalue weighted by Crippen LogP contribution is 2.27. The summed E-state index contributed by atoms with van der Waals surface area (Å²) in [5.74, 6) is -0.957. The molecule has 0 amide bonds. The van der Waals surface area contributed by atoms with Crippen LogP contribution in [0.4, 0.5) is 5.69 Å². The van der Waals surface area contributed by atoms with Gasteiger partial charge in [-0.25, -0.2) is 4.79 Å². The zero-order chi connectivity index (χ0) is 11.2. The van der Waals surface area contributed by atoms with Crippen LogP contribution in [0.2, 0.25) is 0 Å². The van der Waals surface area contributed by atoms with Crippen LogP contribution in [0.25, 0.3) is 10.9 Å². The van der Waals surface area contributed by atoms with Gasteiger partial charge in [-0.2, -0.15) is 0 Å². The number of anilines is 1. The standard InChI is InChI=1S/C11H12N2O2/c1-5-6(2)13-10-8(5)3-7(11(14)15)4-9(10)12/h3-4,13H,12H2,1-2H3,(H,14,15). The van der Waals surface area contributed by atoms with E-state index in [0.717, 1.165) is 22.2 Å². The second kappa shape index (κ2) is 3.02. The maximum Gasteiger partial charge on any atom is 0.335 e. The van der Waals surface area contributed by atoms with Crippen LogP contribution in [0.5, 0.6) is 0 Å². The van der Waals surface area contributed by atoms with Crippen LogP contribution in [0, 0.1) is 13.8 Å². The average Bonchev–Trinajstić information content (AvgIpc) is 2.45. The van der Waals surface area contributed by atoms with Gasteiger partial charge in [-0.1, -0.05) is 0 Å². The molecule has 2 rings (SSSR count). The van der Waals surface area contributed by atoms with Crippen molar-refractivity contribution in [3.05, 3.63) is 29.0 Å². The summed E-state index contributed by atoms with van der Waals surface area (Å²) in [6.07, 6.45) is 0. The van der Waals surface area contributed by atoms with Crippen LogP contribution < -0.4 is 5.73 Å². The first-order valence-corrected chi connectivity index (χ1v) is 4.62. The number of hydrogen-bond acceptors (Lipinski definition) is 2. The Balaban J connectivity index is 2.85. The van der Waals surface area contributed by atoms with Crippen molar-refractivity contribution in [3.63, 3.8) is 0 Å². The lowest BCUT2D eigenvalue weighted by Gasteiger charge is -2.00. The van der Waals surface area contributed by atoms with Crippen molar-refractivity contribution in [2.75, 3.05) is 5.73 Å². The van der Waals surface area contributed by atoms with E-state index < -0.39 is 5.97 Å². The Morgan fingerprint density at radius 2 is 2.07 bits per heavy atom. The van der Waals surface area contributed by atoms with E-state index in [2.05, 4.69) is 4.98 Å². The van der Waals surface area contributed by atoms with E-state index in [1.165, 1.54) is 6.07 Å². The largest absolute Gasteiger partial charge is 0.478 e. The topological polar surface area (TPSA) is 79.1 Å². The van der Waals surface area contributed by atoms with E-state index in [4.69, 9.17) is 10.8 Å². The summed E-state index contributed by atoms with van der Waals surface area (Å²) in [6.45, 7) is 3.88. The van der Waals surface area contributed by atoms with Gasteiger partial charge in [0.1, 0.15) is 0 Å². The number of hydrogen-bond donors (Lipinski definition) is 3. The number of nitrogen functional groups attached to an aromatic ring is 1. The zero-order valence-corrected chi connectivity index (χ0v) is 8.59. The Morgan fingerprint density at radius 1 is 1.40 bits per heavy atom. The van der Waals surface area contributed by atoms with Crippen molar-refractivity contribution in [3.8, 4) is 0 Å². The number of benzene rings is 1. The Labute approximate surface area is 86.7 Å². The summed E-state index contributed by atoms with van der Waals surface area (Å²) in [7, 11) is 0. The highest BCUT2D eigenvalue weighted by atomic mass is 16.4. The number of nitrogens with one attached hydrogen (secondary N) is 1. The van der Waals surface area contributed by atoms with E-state index in [0.29, 0.717) is 5.69 Å². The SMILES string of the molecule is Cc1[nH]c2c(N)cc(C(=O)O)cc2c1C. The molecule has 4 N–H and O–H groups in total. The van der Waals surface area contributed by atoms with E-state index in [1.54, 1.807) is 6.07 Å². The van der Waals surface area contributed by atoms with Crippen LogP contribution in [0.15, 0.2) is 12.1 Å². The molecule has 4 nitrogen and oxygen atoms in total. The third-order valence-corrected chi connectivity index (χ3v) is 2.69. The molecule has 4 heteroatoms. The minimum atomic E-state index is -0.957. The molecule has 0 spiro atoms. The number of aromatic nitrogens is 1. The molecule has 1 aromatic heterocycles. The van der Waals surface area contributed by atoms with Crippen LogP contribution in [0.1, 0.15) is 21.6 Å². The smallest absolute Gasteiger partial charge is 0.335 e. The molecule has 0 radical (unpaired) electrons. The number of aromatic carboxylic acids is 1. The normalized spacial score (nSPS) is 10.8. The predicted molar refractivity (Wildman–Crippen MR) is 59.1 cm³/mol. The lowest BCUT2D eigenvalue weighted by Crippen LogP contribution is -1.98. The number of carboxylic acid groups (broad SMARTS) is 1. The first-order chi connectivity index (χ1) is 7.00. The molecule has 0 bridgehead atoms. The van der Waals surface area contributed by atoms with Crippen LogP contribution in [-0.2, 0) is 0 Å². The Morgan fingerprint density at radius 3 is 2.67 bits per heavy atom. The number of carboxylic acids is 1. The Hall–Kier alpha value is -1.97. The molecule has 2 aromatic rings. The quantitative estimate of drug-likeness (QED) is 0.622. The molecule has 0 fully saturated rings. The fourth-order valence-electron chi connectivity index (χ4n) is 1.71. The van der Waals surface area contributed by atoms with Crippen LogP contribution in [-0.4, -0.2) is 16.1 Å². The molecular formula is C11H12N2O2. The molecule has 78 valence electrons. The first-order valence-electron chi connectivity index (χ1n) is 4.62. The van der Waals surface area contributed by atoms with Gasteiger partial charge in [0.25, 0.3) is 0 Å². The zero-order valence-electron chi connectivity index (χ0n) is 8.59. The monoisotopic (exact) mass is 204 g/mol. The third kappa shape index (κ3) is 1.34. The van der Waals surface area contributed by atoms with Gasteiger partial charge in [-0.15, -0.1) is 0 Å². The summed E-state index contributed by atoms with van der Waals surface area (Å²) in [6, 6.07) is 3.12. The van der Waals surface area contributed by atoms with Gasteiger partial charge in [-0.05, 0) is 31.5 Å². The number of aryl methyl sites for hydroxylation is 2. The minimum Gasteiger partial charge on any atom is -0.478 e. The number of carbonyl (C=O) groups is 1. The summed E-state index contributed by atoms with van der Waals surface area (Å²) in [5, 5.41) is 9.78. The van der Waals surface area contributed by atoms with Crippen molar-refractivity contribution in [2.24, 2.45) is 0 Å². The molecular weight excluding hydrogens is 192 g/mol. The predicted octanol–water partition coefficient (Wildman–Crippen LogP) is 2.07. The summed E-state index contributed by atoms with van der Waals surface area (Å²) >= 11 is 0. The van der Waals surface area contributed by atoms with Crippen molar-refractivity contribution in [2.45, 2.75) is 13.8 Å². The van der Waals surface area contributed by atoms with E-state index in [9.17, 15) is 4.79 Å². The Bertz CT molecular complexity index is 555. The number of H-pyrrole nitrogens is 1. The molecule has 0 aliphatic heterocycles. The maximum atomic E-state index is 10.8. The second-order valence-corrected chi connectivity index (χ2v) is 3.67. The lowest BCUT2D eigenvalue weighted by atomic mass is 10.1. The fourth-order valence-corrected chi connectivity index (χ4v) is 1.71. The minimum absolute atomic E-state index is 0.224. The van der Waals surface area contributed by atoms with E-state index in [1.807, 2.05) is 13.8 Å². The van der Waals surface area contributed by atoms with Crippen molar-refractivity contribution < 1.29 is 9.90 Å². The van der Waals surface area contributed by atoms with E-state index in [-0.39, 0.29) is 5.56 Å². The van der Waals surface area contributed by atoms with Crippen LogP contribution >= 0.6 is 0 Å². The number of nitrogens with two attached hydrogens (primary N) is 1. The maximum absolute atomic E-state index is 10.8. The number of rotatable bonds is 1. The Kier molecular flexibility index (Phi) is 1.93. The van der Waals surface area contributed by atoms with Gasteiger partial charge in [0.05, 0.1) is 16.8 Å². The fraction of sp³-hybridized carbons (Fsp3) is 0.182. The van der Waals surface area contributed by atoms with Gasteiger partial charge in [0, 0.05) is 11.1 Å². The van der Waals surface area contributed by atoms with Crippen molar-refractivity contribution in [1.29, 1.82) is 0 Å². The summed E-state index contributed by atoms with van der Waals surface area (Å²) in [5.41, 5.74) is 9.35. The molecule has 1 heterocycles. The summed E-state index contributed by atoms with van der Waals surface area (Å²) < 4.78 is 0. The van der Waals surface area contributed by atoms with Gasteiger partial charge in [0.15, 0.2) is 0 Å². The van der Waals surface area contributed by atoms with Gasteiger partial charge < -0.3 is 15.8 Å². The number of fused-ring (bicyclic) bond motifs is 1. The molecule has 15 heavy (non-hydrogen) atoms. The second-order valence-electron chi connectivity index (χ2n) is 3.67. The molecule has 0 atom stereocenters. The summed E-state index contributed by atoms with van der Waals surface area (Å²) in [4.78, 5) is 14.0. The van der Waals surface area contributed by atoms with Gasteiger partial charge in [-0.3, -0.25) is 0 Å². The molecule has 1 aromatic carbocycles. The molecule has 0 saturated carbocycles. The molecule has 0 unspecified atom stereocenters. The molecule has 0 aliphatic rings. The number of aromatic amines is 1. The van der Waals surface area contributed by atoms with Crippen LogP contribution in [0.3, 0.4) is 0 Å². The third-order valence-electron chi connectivity index (χ3n) is 2.69. The first kappa shape index (κ1) is 9.58. The highest BCUT2D eigenvalue weighted by Gasteiger charge is 2.11. The molecule has 0 saturated heterocycles. The van der Waals surface area contributed by atoms with Crippen molar-refractivity contribution in [1.82, 2.24) is 4.98 Å². The van der Waals surface area contributed by atoms with Gasteiger partial charge >= 0.3 is 5.97 Å². The lowest BCUT2D eigenvalue weighted by molar-refractivity contribution is 0.0697. The van der Waals surface area contributed by atoms with Crippen molar-refractivity contribution >= 4 is 22.6 Å². The van der Waals surface area contributed by atoms with E-state index >= 15 is 0 Å². The average molecular weight is 204 g/mol. The molecule has 0 aliphatic carbocycles. The highest BCUT2D eigenvalue weighted by molar-refractivity contribution is 6.00.